The lowest BCUT2D eigenvalue weighted by atomic mass is 9.88. The molecular weight excluding hydrogens is 254 g/mol. The minimum atomic E-state index is -0.877. The predicted molar refractivity (Wildman–Crippen MR) is 75.6 cm³/mol. The van der Waals surface area contributed by atoms with Crippen LogP contribution >= 0.6 is 0 Å². The smallest absolute Gasteiger partial charge is 0.335 e. The Hall–Kier alpha value is -2.17. The molecule has 2 aromatic carbocycles. The molecule has 4 nitrogen and oxygen atoms in total. The van der Waals surface area contributed by atoms with E-state index >= 15 is 0 Å². The molecule has 2 aromatic rings. The molecule has 0 aliphatic rings. The number of carbonyl (C=O) groups is 1. The van der Waals surface area contributed by atoms with Gasteiger partial charge in [0.15, 0.2) is 12.2 Å². The van der Waals surface area contributed by atoms with Crippen molar-refractivity contribution in [3.63, 3.8) is 0 Å². The normalized spacial score (nSPS) is 11.1. The van der Waals surface area contributed by atoms with Gasteiger partial charge in [-0.2, -0.15) is 0 Å². The summed E-state index contributed by atoms with van der Waals surface area (Å²) >= 11 is 0. The molecule has 0 aliphatic heterocycles. The van der Waals surface area contributed by atoms with Gasteiger partial charge in [-0.25, -0.2) is 10.7 Å². The van der Waals surface area contributed by atoms with Gasteiger partial charge in [-0.3, -0.25) is 4.84 Å². The van der Waals surface area contributed by atoms with Gasteiger partial charge < -0.3 is 4.74 Å². The number of esters is 1. The Morgan fingerprint density at radius 1 is 1.00 bits per heavy atom. The minimum absolute atomic E-state index is 0.282. The van der Waals surface area contributed by atoms with Crippen LogP contribution in [-0.2, 0) is 20.0 Å². The quantitative estimate of drug-likeness (QED) is 0.670. The molecule has 0 amide bonds. The van der Waals surface area contributed by atoms with Gasteiger partial charge in [0, 0.05) is 0 Å². The zero-order chi connectivity index (χ0) is 14.4. The lowest BCUT2D eigenvalue weighted by Gasteiger charge is -2.30. The first-order valence-electron chi connectivity index (χ1n) is 6.31. The fourth-order valence-corrected chi connectivity index (χ4v) is 2.12. The van der Waals surface area contributed by atoms with E-state index in [-0.39, 0.29) is 6.61 Å². The molecule has 0 bridgehead atoms. The van der Waals surface area contributed by atoms with Crippen LogP contribution < -0.4 is 5.90 Å². The monoisotopic (exact) mass is 271 g/mol. The van der Waals surface area contributed by atoms with Crippen molar-refractivity contribution < 1.29 is 14.4 Å². The van der Waals surface area contributed by atoms with Crippen molar-refractivity contribution in [1.82, 2.24) is 0 Å². The SMILES string of the molecule is CC(OC(=O)CON)(c1ccccc1)c1ccccc1. The Morgan fingerprint density at radius 3 is 1.85 bits per heavy atom. The van der Waals surface area contributed by atoms with Crippen molar-refractivity contribution in [2.24, 2.45) is 5.90 Å². The average Bonchev–Trinajstić information content (AvgIpc) is 2.49. The predicted octanol–water partition coefficient (Wildman–Crippen LogP) is 2.38. The molecule has 0 unspecified atom stereocenters. The topological polar surface area (TPSA) is 61.5 Å². The van der Waals surface area contributed by atoms with E-state index in [4.69, 9.17) is 10.6 Å². The third-order valence-corrected chi connectivity index (χ3v) is 3.17. The zero-order valence-corrected chi connectivity index (χ0v) is 11.3. The number of ether oxygens (including phenoxy) is 1. The van der Waals surface area contributed by atoms with Gasteiger partial charge in [0.05, 0.1) is 0 Å². The molecule has 104 valence electrons. The van der Waals surface area contributed by atoms with Crippen LogP contribution in [0.1, 0.15) is 18.1 Å². The molecule has 0 saturated carbocycles. The van der Waals surface area contributed by atoms with Gasteiger partial charge >= 0.3 is 5.97 Å². The van der Waals surface area contributed by atoms with Gasteiger partial charge in [0.1, 0.15) is 0 Å². The Morgan fingerprint density at radius 2 is 1.45 bits per heavy atom. The number of rotatable bonds is 5. The Labute approximate surface area is 118 Å². The molecule has 0 heterocycles. The molecule has 2 N–H and O–H groups in total. The highest BCUT2D eigenvalue weighted by molar-refractivity contribution is 5.72. The Bertz CT molecular complexity index is 515. The van der Waals surface area contributed by atoms with Crippen LogP contribution in [0.5, 0.6) is 0 Å². The second-order valence-electron chi connectivity index (χ2n) is 4.55. The van der Waals surface area contributed by atoms with Crippen molar-refractivity contribution in [2.75, 3.05) is 6.61 Å². The van der Waals surface area contributed by atoms with E-state index in [0.717, 1.165) is 11.1 Å². The molecule has 0 radical (unpaired) electrons. The third kappa shape index (κ3) is 3.04. The minimum Gasteiger partial charge on any atom is -0.448 e. The van der Waals surface area contributed by atoms with Crippen LogP contribution in [-0.4, -0.2) is 12.6 Å². The second-order valence-corrected chi connectivity index (χ2v) is 4.55. The maximum atomic E-state index is 11.8. The van der Waals surface area contributed by atoms with Crippen LogP contribution in [0.4, 0.5) is 0 Å². The van der Waals surface area contributed by atoms with E-state index in [9.17, 15) is 4.79 Å². The van der Waals surface area contributed by atoms with E-state index < -0.39 is 11.6 Å². The standard InChI is InChI=1S/C16H17NO3/c1-16(20-15(18)12-19-17,13-8-4-2-5-9-13)14-10-6-3-7-11-14/h2-11H,12,17H2,1H3. The van der Waals surface area contributed by atoms with E-state index in [1.807, 2.05) is 67.6 Å². The van der Waals surface area contributed by atoms with Crippen LogP contribution in [0.2, 0.25) is 0 Å². The molecule has 2 rings (SSSR count). The molecular formula is C16H17NO3. The van der Waals surface area contributed by atoms with E-state index in [1.165, 1.54) is 0 Å². The molecule has 0 spiro atoms. The molecule has 0 saturated heterocycles. The molecule has 0 aliphatic carbocycles. The summed E-state index contributed by atoms with van der Waals surface area (Å²) < 4.78 is 5.61. The first-order valence-corrected chi connectivity index (χ1v) is 6.31. The highest BCUT2D eigenvalue weighted by Crippen LogP contribution is 2.33. The van der Waals surface area contributed by atoms with Crippen LogP contribution in [0.3, 0.4) is 0 Å². The maximum absolute atomic E-state index is 11.8. The first kappa shape index (κ1) is 14.2. The third-order valence-electron chi connectivity index (χ3n) is 3.17. The number of hydrogen-bond acceptors (Lipinski definition) is 4. The summed E-state index contributed by atoms with van der Waals surface area (Å²) in [5.41, 5.74) is 0.895. The average molecular weight is 271 g/mol. The molecule has 0 fully saturated rings. The number of hydrogen-bond donors (Lipinski definition) is 1. The largest absolute Gasteiger partial charge is 0.448 e. The lowest BCUT2D eigenvalue weighted by molar-refractivity contribution is -0.160. The van der Waals surface area contributed by atoms with E-state index in [1.54, 1.807) is 0 Å². The summed E-state index contributed by atoms with van der Waals surface area (Å²) in [6, 6.07) is 19.1. The Kier molecular flexibility index (Phi) is 4.50. The van der Waals surface area contributed by atoms with Crippen LogP contribution in [0.25, 0.3) is 0 Å². The first-order chi connectivity index (χ1) is 9.66. The molecule has 0 atom stereocenters. The second kappa shape index (κ2) is 6.32. The van der Waals surface area contributed by atoms with Crippen molar-refractivity contribution in [3.05, 3.63) is 71.8 Å². The fraction of sp³-hybridized carbons (Fsp3) is 0.188. The van der Waals surface area contributed by atoms with Crippen LogP contribution in [0, 0.1) is 0 Å². The van der Waals surface area contributed by atoms with Crippen molar-refractivity contribution in [2.45, 2.75) is 12.5 Å². The van der Waals surface area contributed by atoms with Gasteiger partial charge in [0.25, 0.3) is 0 Å². The fourth-order valence-electron chi connectivity index (χ4n) is 2.12. The van der Waals surface area contributed by atoms with E-state index in [0.29, 0.717) is 0 Å². The Balaban J connectivity index is 2.41. The van der Waals surface area contributed by atoms with Gasteiger partial charge in [-0.1, -0.05) is 60.7 Å². The summed E-state index contributed by atoms with van der Waals surface area (Å²) in [5, 5.41) is 0. The lowest BCUT2D eigenvalue weighted by Crippen LogP contribution is -2.32. The molecule has 0 aromatic heterocycles. The number of benzene rings is 2. The highest BCUT2D eigenvalue weighted by Gasteiger charge is 2.33. The van der Waals surface area contributed by atoms with Crippen molar-refractivity contribution in [3.8, 4) is 0 Å². The van der Waals surface area contributed by atoms with Crippen LogP contribution in [0.15, 0.2) is 60.7 Å². The molecule has 20 heavy (non-hydrogen) atoms. The number of carbonyl (C=O) groups excluding carboxylic acids is 1. The summed E-state index contributed by atoms with van der Waals surface area (Å²) in [6.45, 7) is 1.57. The van der Waals surface area contributed by atoms with Gasteiger partial charge in [-0.15, -0.1) is 0 Å². The highest BCUT2D eigenvalue weighted by atomic mass is 16.6. The zero-order valence-electron chi connectivity index (χ0n) is 11.3. The van der Waals surface area contributed by atoms with Gasteiger partial charge in [0.2, 0.25) is 0 Å². The maximum Gasteiger partial charge on any atom is 0.335 e. The molecule has 4 heteroatoms. The summed E-state index contributed by atoms with van der Waals surface area (Å²) in [7, 11) is 0. The van der Waals surface area contributed by atoms with Crippen molar-refractivity contribution in [1.29, 1.82) is 0 Å². The summed E-state index contributed by atoms with van der Waals surface area (Å²) in [6.07, 6.45) is 0. The summed E-state index contributed by atoms with van der Waals surface area (Å²) in [4.78, 5) is 16.1. The van der Waals surface area contributed by atoms with Gasteiger partial charge in [-0.05, 0) is 18.1 Å². The van der Waals surface area contributed by atoms with E-state index in [2.05, 4.69) is 4.84 Å². The number of nitrogens with two attached hydrogens (primary N) is 1. The van der Waals surface area contributed by atoms with Crippen molar-refractivity contribution >= 4 is 5.97 Å². The summed E-state index contributed by atoms with van der Waals surface area (Å²) in [5.74, 6) is 4.41.